The van der Waals surface area contributed by atoms with E-state index in [0.717, 1.165) is 0 Å². The van der Waals surface area contributed by atoms with Crippen LogP contribution in [0.5, 0.6) is 0 Å². The highest BCUT2D eigenvalue weighted by Gasteiger charge is 2.00. The summed E-state index contributed by atoms with van der Waals surface area (Å²) in [6, 6.07) is 16.7. The van der Waals surface area contributed by atoms with Crippen molar-refractivity contribution in [3.63, 3.8) is 0 Å². The van der Waals surface area contributed by atoms with E-state index in [0.29, 0.717) is 6.54 Å². The van der Waals surface area contributed by atoms with Crippen molar-refractivity contribution in [2.45, 2.75) is 136 Å². The van der Waals surface area contributed by atoms with Gasteiger partial charge in [-0.3, -0.25) is 0 Å². The Morgan fingerprint density at radius 2 is 1.00 bits per heavy atom. The smallest absolute Gasteiger partial charge is 0.0178 e. The van der Waals surface area contributed by atoms with Crippen LogP contribution >= 0.6 is 12.4 Å². The summed E-state index contributed by atoms with van der Waals surface area (Å²) < 4.78 is 0. The topological polar surface area (TPSA) is 26.0 Å². The van der Waals surface area contributed by atoms with Gasteiger partial charge in [0.1, 0.15) is 0 Å². The summed E-state index contributed by atoms with van der Waals surface area (Å²) in [7, 11) is 0. The molecule has 0 unspecified atom stereocenters. The first kappa shape index (κ1) is 33.7. The number of aryl methyl sites for hydroxylation is 2. The Labute approximate surface area is 225 Å². The Balaban J connectivity index is 0.00000108. The summed E-state index contributed by atoms with van der Waals surface area (Å²) in [5, 5.41) is 0. The first-order valence-corrected chi connectivity index (χ1v) is 14.5. The maximum atomic E-state index is 5.35. The number of benzene rings is 2. The van der Waals surface area contributed by atoms with Gasteiger partial charge in [-0.2, -0.15) is 0 Å². The average Bonchev–Trinajstić information content (AvgIpc) is 2.87. The van der Waals surface area contributed by atoms with Crippen molar-refractivity contribution in [1.82, 2.24) is 0 Å². The third kappa shape index (κ3) is 18.6. The van der Waals surface area contributed by atoms with Gasteiger partial charge in [0.15, 0.2) is 0 Å². The van der Waals surface area contributed by atoms with Crippen molar-refractivity contribution in [3.8, 4) is 0 Å². The Morgan fingerprint density at radius 1 is 0.543 bits per heavy atom. The molecule has 0 aliphatic carbocycles. The molecule has 0 spiro atoms. The highest BCUT2D eigenvalue weighted by molar-refractivity contribution is 5.85. The Kier molecular flexibility index (Phi) is 23.5. The third-order valence-corrected chi connectivity index (χ3v) is 7.10. The molecular weight excluding hydrogens is 446 g/mol. The minimum Gasteiger partial charge on any atom is -0.326 e. The van der Waals surface area contributed by atoms with E-state index in [2.05, 4.69) is 39.0 Å². The Bertz CT molecular complexity index is 697. The highest BCUT2D eigenvalue weighted by atomic mass is 35.5. The number of nitrogens with two attached hydrogens (primary N) is 1. The van der Waals surface area contributed by atoms with Crippen molar-refractivity contribution in [2.75, 3.05) is 0 Å². The molecular formula is C33H56ClN. The number of hydrogen-bond donors (Lipinski definition) is 1. The van der Waals surface area contributed by atoms with Crippen molar-refractivity contribution >= 4 is 12.4 Å². The molecule has 0 fully saturated rings. The summed E-state index contributed by atoms with van der Waals surface area (Å²) in [5.41, 5.74) is 11.1. The van der Waals surface area contributed by atoms with Crippen molar-refractivity contribution in [2.24, 2.45) is 5.73 Å². The highest BCUT2D eigenvalue weighted by Crippen LogP contribution is 2.17. The first-order chi connectivity index (χ1) is 16.7. The SMILES string of the molecule is CCCCCCCCCCCCCCCCCCc1cccc(C)c1C.Cl.NCc1ccccc1. The van der Waals surface area contributed by atoms with Gasteiger partial charge in [0.05, 0.1) is 0 Å². The molecule has 35 heavy (non-hydrogen) atoms. The number of rotatable bonds is 18. The summed E-state index contributed by atoms with van der Waals surface area (Å²) >= 11 is 0. The molecule has 2 aromatic rings. The van der Waals surface area contributed by atoms with Gasteiger partial charge < -0.3 is 5.73 Å². The van der Waals surface area contributed by atoms with Crippen molar-refractivity contribution in [3.05, 3.63) is 70.8 Å². The molecule has 0 radical (unpaired) electrons. The van der Waals surface area contributed by atoms with Crippen molar-refractivity contribution in [1.29, 1.82) is 0 Å². The second-order valence-corrected chi connectivity index (χ2v) is 10.1. The van der Waals surface area contributed by atoms with Crippen LogP contribution in [-0.4, -0.2) is 0 Å². The summed E-state index contributed by atoms with van der Waals surface area (Å²) in [6.07, 6.45) is 24.4. The molecule has 0 heterocycles. The molecule has 0 saturated carbocycles. The van der Waals surface area contributed by atoms with E-state index in [1.807, 2.05) is 30.3 Å². The van der Waals surface area contributed by atoms with Gasteiger partial charge in [0.25, 0.3) is 0 Å². The zero-order valence-electron chi connectivity index (χ0n) is 23.3. The molecule has 0 bridgehead atoms. The second kappa shape index (κ2) is 24.4. The van der Waals surface area contributed by atoms with Crippen LogP contribution in [0.3, 0.4) is 0 Å². The van der Waals surface area contributed by atoms with E-state index in [1.165, 1.54) is 126 Å². The van der Waals surface area contributed by atoms with Crippen LogP contribution in [0, 0.1) is 13.8 Å². The molecule has 1 nitrogen and oxygen atoms in total. The molecule has 0 saturated heterocycles. The lowest BCUT2D eigenvalue weighted by Crippen LogP contribution is -1.94. The normalized spacial score (nSPS) is 10.4. The van der Waals surface area contributed by atoms with Gasteiger partial charge in [-0.15, -0.1) is 12.4 Å². The predicted octanol–water partition coefficient (Wildman–Crippen LogP) is 10.7. The maximum absolute atomic E-state index is 5.35. The molecule has 2 N–H and O–H groups in total. The molecule has 2 heteroatoms. The minimum atomic E-state index is 0. The quantitative estimate of drug-likeness (QED) is 0.202. The summed E-state index contributed by atoms with van der Waals surface area (Å²) in [6.45, 7) is 7.44. The molecule has 2 aromatic carbocycles. The van der Waals surface area contributed by atoms with E-state index in [1.54, 1.807) is 5.56 Å². The maximum Gasteiger partial charge on any atom is 0.0178 e. The Morgan fingerprint density at radius 3 is 1.43 bits per heavy atom. The van der Waals surface area contributed by atoms with E-state index < -0.39 is 0 Å². The number of unbranched alkanes of at least 4 members (excludes halogenated alkanes) is 15. The largest absolute Gasteiger partial charge is 0.326 e. The lowest BCUT2D eigenvalue weighted by molar-refractivity contribution is 0.529. The number of hydrogen-bond acceptors (Lipinski definition) is 1. The van der Waals surface area contributed by atoms with Crippen LogP contribution < -0.4 is 5.73 Å². The fraction of sp³-hybridized carbons (Fsp3) is 0.636. The fourth-order valence-corrected chi connectivity index (χ4v) is 4.56. The third-order valence-electron chi connectivity index (χ3n) is 7.10. The van der Waals surface area contributed by atoms with Crippen LogP contribution in [0.4, 0.5) is 0 Å². The molecule has 200 valence electrons. The van der Waals surface area contributed by atoms with Gasteiger partial charge >= 0.3 is 0 Å². The van der Waals surface area contributed by atoms with Gasteiger partial charge in [-0.1, -0.05) is 152 Å². The van der Waals surface area contributed by atoms with E-state index in [4.69, 9.17) is 5.73 Å². The van der Waals surface area contributed by atoms with Crippen LogP contribution in [0.15, 0.2) is 48.5 Å². The van der Waals surface area contributed by atoms with Crippen molar-refractivity contribution < 1.29 is 0 Å². The lowest BCUT2D eigenvalue weighted by Gasteiger charge is -2.08. The lowest BCUT2D eigenvalue weighted by atomic mass is 9.98. The van der Waals surface area contributed by atoms with Gasteiger partial charge in [-0.05, 0) is 48.9 Å². The molecule has 0 aromatic heterocycles. The molecule has 2 rings (SSSR count). The molecule has 0 atom stereocenters. The zero-order chi connectivity index (χ0) is 24.7. The summed E-state index contributed by atoms with van der Waals surface area (Å²) in [4.78, 5) is 0. The first-order valence-electron chi connectivity index (χ1n) is 14.5. The number of halogens is 1. The molecule has 0 aliphatic rings. The predicted molar refractivity (Wildman–Crippen MR) is 161 cm³/mol. The molecule has 0 amide bonds. The van der Waals surface area contributed by atoms with E-state index >= 15 is 0 Å². The average molecular weight is 502 g/mol. The second-order valence-electron chi connectivity index (χ2n) is 10.1. The zero-order valence-corrected chi connectivity index (χ0v) is 24.1. The summed E-state index contributed by atoms with van der Waals surface area (Å²) in [5.74, 6) is 0. The van der Waals surface area contributed by atoms with Crippen LogP contribution in [0.25, 0.3) is 0 Å². The molecule has 0 aliphatic heterocycles. The minimum absolute atomic E-state index is 0. The Hall–Kier alpha value is -1.31. The van der Waals surface area contributed by atoms with Crippen LogP contribution in [0.2, 0.25) is 0 Å². The standard InChI is InChI=1S/C26H46.C7H9N.ClH/c1-4-5-6-7-8-9-10-11-12-13-14-15-16-17-18-19-22-26-23-20-21-24(2)25(26)3;8-6-7-4-2-1-3-5-7;/h20-21,23H,4-19,22H2,1-3H3;1-5H,6,8H2;1H. The van der Waals surface area contributed by atoms with Gasteiger partial charge in [0.2, 0.25) is 0 Å². The van der Waals surface area contributed by atoms with Crippen LogP contribution in [0.1, 0.15) is 132 Å². The monoisotopic (exact) mass is 501 g/mol. The fourth-order valence-electron chi connectivity index (χ4n) is 4.56. The van der Waals surface area contributed by atoms with Crippen LogP contribution in [-0.2, 0) is 13.0 Å². The van der Waals surface area contributed by atoms with E-state index in [-0.39, 0.29) is 12.4 Å². The van der Waals surface area contributed by atoms with Gasteiger partial charge in [0, 0.05) is 6.54 Å². The van der Waals surface area contributed by atoms with E-state index in [9.17, 15) is 0 Å². The van der Waals surface area contributed by atoms with Gasteiger partial charge in [-0.25, -0.2) is 0 Å².